The Bertz CT molecular complexity index is 521. The second-order valence-corrected chi connectivity index (χ2v) is 15.6. The Balaban J connectivity index is 0.00000200. The van der Waals surface area contributed by atoms with E-state index in [1.54, 1.807) is 49.3 Å². The van der Waals surface area contributed by atoms with Crippen LogP contribution in [0, 0.1) is 0 Å². The zero-order chi connectivity index (χ0) is 14.6. The fourth-order valence-corrected chi connectivity index (χ4v) is 14.1. The summed E-state index contributed by atoms with van der Waals surface area (Å²) >= 11 is -0.421. The fourth-order valence-electron chi connectivity index (χ4n) is 3.16. The van der Waals surface area contributed by atoms with Gasteiger partial charge in [-0.1, -0.05) is 0 Å². The summed E-state index contributed by atoms with van der Waals surface area (Å²) in [6, 6.07) is 0. The molecule has 0 bridgehead atoms. The molecule has 102 valence electrons. The van der Waals surface area contributed by atoms with Gasteiger partial charge in [0.2, 0.25) is 0 Å². The summed E-state index contributed by atoms with van der Waals surface area (Å²) in [5.41, 5.74) is 6.52. The number of allylic oxidation sites excluding steroid dienone is 4. The zero-order valence-electron chi connectivity index (χ0n) is 14.5. The molecule has 2 aliphatic rings. The van der Waals surface area contributed by atoms with Crippen molar-refractivity contribution in [1.29, 1.82) is 0 Å². The summed E-state index contributed by atoms with van der Waals surface area (Å²) in [4.78, 5) is 0. The molecule has 0 saturated carbocycles. The van der Waals surface area contributed by atoms with Crippen LogP contribution in [0.1, 0.15) is 56.8 Å². The fraction of sp³-hybridized carbons (Fsp3) is 0.625. The normalized spacial score (nSPS) is 36.4. The Morgan fingerprint density at radius 2 is 1.05 bits per heavy atom. The van der Waals surface area contributed by atoms with Crippen molar-refractivity contribution in [3.63, 3.8) is 0 Å². The molecular formula is C16H25P2Sc. The average Bonchev–Trinajstić information content (AvgIpc) is 2.61. The molecule has 0 aromatic heterocycles. The molecular weight excluding hydrogens is 299 g/mol. The van der Waals surface area contributed by atoms with E-state index in [9.17, 15) is 0 Å². The molecule has 0 fully saturated rings. The molecule has 0 aromatic rings. The van der Waals surface area contributed by atoms with Crippen molar-refractivity contribution in [3.05, 3.63) is 22.3 Å². The molecule has 0 nitrogen and oxygen atoms in total. The molecule has 0 aromatic carbocycles. The van der Waals surface area contributed by atoms with Crippen LogP contribution in [0.25, 0.3) is 0 Å². The van der Waals surface area contributed by atoms with Crippen LogP contribution in [-0.4, -0.2) is 16.4 Å². The van der Waals surface area contributed by atoms with E-state index in [1.807, 2.05) is 0 Å². The molecule has 0 saturated heterocycles. The monoisotopic (exact) mass is 324 g/mol. The maximum Gasteiger partial charge on any atom is -1.00 e. The number of hydrogen-bond donors (Lipinski definition) is 0. The molecule has 0 aliphatic carbocycles. The summed E-state index contributed by atoms with van der Waals surface area (Å²) in [6.07, 6.45) is 0. The molecule has 19 heavy (non-hydrogen) atoms. The largest absolute Gasteiger partial charge is 1.00 e. The van der Waals surface area contributed by atoms with Crippen molar-refractivity contribution in [1.82, 2.24) is 0 Å². The van der Waals surface area contributed by atoms with Crippen LogP contribution in [0.4, 0.5) is 0 Å². The first-order valence-electron chi connectivity index (χ1n) is 6.97. The Morgan fingerprint density at radius 1 is 0.737 bits per heavy atom. The minimum Gasteiger partial charge on any atom is -1.00 e. The predicted molar refractivity (Wildman–Crippen MR) is 89.9 cm³/mol. The Morgan fingerprint density at radius 3 is 1.26 bits per heavy atom. The van der Waals surface area contributed by atoms with Gasteiger partial charge in [0.05, 0.1) is 0 Å². The topological polar surface area (TPSA) is 0 Å². The van der Waals surface area contributed by atoms with Crippen molar-refractivity contribution in [2.45, 2.75) is 61.2 Å². The molecule has 2 rings (SSSR count). The van der Waals surface area contributed by atoms with E-state index < -0.39 is 22.9 Å². The Labute approximate surface area is 134 Å². The van der Waals surface area contributed by atoms with Crippen molar-refractivity contribution < 1.29 is 24.3 Å². The van der Waals surface area contributed by atoms with Gasteiger partial charge in [0.15, 0.2) is 0 Å². The third-order valence-corrected chi connectivity index (χ3v) is 13.4. The van der Waals surface area contributed by atoms with Crippen molar-refractivity contribution >= 4 is 27.0 Å². The van der Waals surface area contributed by atoms with Gasteiger partial charge in [-0.05, 0) is 0 Å². The van der Waals surface area contributed by atoms with Crippen LogP contribution in [0.15, 0.2) is 22.3 Å². The molecule has 0 spiro atoms. The van der Waals surface area contributed by atoms with Crippen molar-refractivity contribution in [2.75, 3.05) is 0 Å². The van der Waals surface area contributed by atoms with Crippen molar-refractivity contribution in [3.8, 4) is 0 Å². The Hall–Kier alpha value is 0.690. The van der Waals surface area contributed by atoms with E-state index in [1.165, 1.54) is 0 Å². The second-order valence-electron chi connectivity index (χ2n) is 6.33. The molecule has 2 unspecified atom stereocenters. The van der Waals surface area contributed by atoms with Gasteiger partial charge in [-0.2, -0.15) is 0 Å². The van der Waals surface area contributed by atoms with E-state index in [-0.39, 0.29) is 1.43 Å². The third-order valence-electron chi connectivity index (χ3n) is 5.09. The van der Waals surface area contributed by atoms with Gasteiger partial charge in [-0.25, -0.2) is 0 Å². The van der Waals surface area contributed by atoms with Gasteiger partial charge in [0.1, 0.15) is 0 Å². The summed E-state index contributed by atoms with van der Waals surface area (Å²) in [5, 5.41) is 3.21. The van der Waals surface area contributed by atoms with Crippen molar-refractivity contribution in [2.24, 2.45) is 0 Å². The number of rotatable bonds is 2. The van der Waals surface area contributed by atoms with E-state index in [0.717, 1.165) is 0 Å². The average molecular weight is 324 g/mol. The molecule has 0 amide bonds. The maximum absolute atomic E-state index is 2.53. The van der Waals surface area contributed by atoms with Gasteiger partial charge in [0.25, 0.3) is 0 Å². The van der Waals surface area contributed by atoms with Gasteiger partial charge in [-0.3, -0.25) is 0 Å². The first-order valence-corrected chi connectivity index (χ1v) is 10.6. The molecule has 2 heterocycles. The minimum atomic E-state index is -0.421. The van der Waals surface area contributed by atoms with Gasteiger partial charge in [-0.15, -0.1) is 0 Å². The maximum atomic E-state index is 2.53. The van der Waals surface area contributed by atoms with E-state index in [2.05, 4.69) is 55.4 Å². The molecule has 3 heteroatoms. The number of hydrogen-bond acceptors (Lipinski definition) is 0. The smallest absolute Gasteiger partial charge is 1.00 e. The zero-order valence-corrected chi connectivity index (χ0v) is 17.1. The standard InChI is InChI=1S/2C8H12P.Sc.H/c2*1-5-6(2)8(4)9-7(5)3;;/h2*1-4H3;;/q;;+1;-1. The summed E-state index contributed by atoms with van der Waals surface area (Å²) in [5.74, 6) is 0. The predicted octanol–water partition coefficient (Wildman–Crippen LogP) is 5.59. The van der Waals surface area contributed by atoms with E-state index in [0.29, 0.717) is 5.83 Å². The van der Waals surface area contributed by atoms with Crippen LogP contribution < -0.4 is 0 Å². The molecule has 2 atom stereocenters. The van der Waals surface area contributed by atoms with Crippen LogP contribution in [0.3, 0.4) is 0 Å². The van der Waals surface area contributed by atoms with E-state index >= 15 is 0 Å². The summed E-state index contributed by atoms with van der Waals surface area (Å²) in [6.45, 7) is 19.1. The molecule has 2 aliphatic heterocycles. The first kappa shape index (κ1) is 16.1. The van der Waals surface area contributed by atoms with E-state index in [4.69, 9.17) is 0 Å². The summed E-state index contributed by atoms with van der Waals surface area (Å²) in [7, 11) is 3.19. The van der Waals surface area contributed by atoms with Crippen LogP contribution in [0.2, 0.25) is 0 Å². The van der Waals surface area contributed by atoms with Crippen LogP contribution in [-0.2, 0) is 22.9 Å². The SMILES string of the molecule is CC1=P[C](C)([Sc+][C]2(C)P=C(C)C(C)=C2C)C(C)=C1C.[H-]. The molecule has 0 N–H and O–H groups in total. The van der Waals surface area contributed by atoms with Gasteiger partial charge >= 0.3 is 133 Å². The Kier molecular flexibility index (Phi) is 4.36. The molecule has 0 radical (unpaired) electrons. The van der Waals surface area contributed by atoms with Gasteiger partial charge < -0.3 is 1.43 Å². The second kappa shape index (κ2) is 5.15. The van der Waals surface area contributed by atoms with Crippen LogP contribution >= 0.6 is 16.4 Å². The van der Waals surface area contributed by atoms with Crippen LogP contribution in [0.5, 0.6) is 0 Å². The third kappa shape index (κ3) is 2.61. The minimum absolute atomic E-state index is 0. The van der Waals surface area contributed by atoms with Gasteiger partial charge in [0, 0.05) is 0 Å². The quantitative estimate of drug-likeness (QED) is 0.581. The first-order chi connectivity index (χ1) is 8.61. The summed E-state index contributed by atoms with van der Waals surface area (Å²) < 4.78 is 0.983.